The summed E-state index contributed by atoms with van der Waals surface area (Å²) in [6.07, 6.45) is 9.13. The largest absolute Gasteiger partial charge is 0.294 e. The Labute approximate surface area is 115 Å². The van der Waals surface area contributed by atoms with Crippen LogP contribution in [0, 0.1) is 17.8 Å². The van der Waals surface area contributed by atoms with Gasteiger partial charge in [0.05, 0.1) is 0 Å². The van der Waals surface area contributed by atoms with Crippen molar-refractivity contribution < 1.29 is 4.79 Å². The highest BCUT2D eigenvalue weighted by Gasteiger charge is 2.43. The first-order valence-electron chi connectivity index (χ1n) is 7.95. The minimum Gasteiger partial charge on any atom is -0.294 e. The van der Waals surface area contributed by atoms with Gasteiger partial charge in [0.15, 0.2) is 5.78 Å². The summed E-state index contributed by atoms with van der Waals surface area (Å²) in [5.74, 6) is 3.06. The molecule has 3 unspecified atom stereocenters. The minimum atomic E-state index is 0.343. The molecule has 0 heterocycles. The van der Waals surface area contributed by atoms with E-state index in [-0.39, 0.29) is 0 Å². The van der Waals surface area contributed by atoms with E-state index in [0.29, 0.717) is 17.6 Å². The minimum absolute atomic E-state index is 0.343. The fourth-order valence-corrected chi connectivity index (χ4v) is 4.47. The molecule has 1 nitrogen and oxygen atoms in total. The van der Waals surface area contributed by atoms with E-state index >= 15 is 0 Å². The summed E-state index contributed by atoms with van der Waals surface area (Å²) in [6.45, 7) is 0. The summed E-state index contributed by atoms with van der Waals surface area (Å²) in [6, 6.07) is 8.53. The number of benzene rings is 1. The van der Waals surface area contributed by atoms with E-state index in [2.05, 4.69) is 18.2 Å². The monoisotopic (exact) mass is 254 g/mol. The summed E-state index contributed by atoms with van der Waals surface area (Å²) < 4.78 is 0. The van der Waals surface area contributed by atoms with Crippen molar-refractivity contribution >= 4 is 5.78 Å². The second-order valence-corrected chi connectivity index (χ2v) is 6.90. The van der Waals surface area contributed by atoms with Crippen LogP contribution >= 0.6 is 0 Å². The highest BCUT2D eigenvalue weighted by molar-refractivity contribution is 5.98. The molecule has 2 bridgehead atoms. The lowest BCUT2D eigenvalue weighted by Gasteiger charge is -2.26. The van der Waals surface area contributed by atoms with E-state index in [1.807, 2.05) is 6.07 Å². The molecule has 0 N–H and O–H groups in total. The van der Waals surface area contributed by atoms with Crippen molar-refractivity contribution in [3.8, 4) is 0 Å². The lowest BCUT2D eigenvalue weighted by atomic mass is 9.78. The van der Waals surface area contributed by atoms with Crippen LogP contribution in [0.4, 0.5) is 0 Å². The van der Waals surface area contributed by atoms with E-state index < -0.39 is 0 Å². The Morgan fingerprint density at radius 1 is 1.05 bits per heavy atom. The topological polar surface area (TPSA) is 17.1 Å². The van der Waals surface area contributed by atoms with Gasteiger partial charge in [-0.05, 0) is 61.5 Å². The molecule has 0 saturated heterocycles. The molecule has 3 saturated carbocycles. The van der Waals surface area contributed by atoms with Crippen LogP contribution < -0.4 is 0 Å². The standard InChI is InChI=1S/C18H22O/c19-18(17-10-12-7-8-15(17)9-12)16-6-2-5-14(11-16)13-3-1-4-13/h2,5-6,11-13,15,17H,1,3-4,7-10H2. The first-order chi connectivity index (χ1) is 9.31. The van der Waals surface area contributed by atoms with Crippen LogP contribution in [0.3, 0.4) is 0 Å². The van der Waals surface area contributed by atoms with Crippen LogP contribution in [-0.4, -0.2) is 5.78 Å². The molecule has 1 aromatic rings. The van der Waals surface area contributed by atoms with Gasteiger partial charge in [0, 0.05) is 11.5 Å². The first kappa shape index (κ1) is 11.7. The van der Waals surface area contributed by atoms with Gasteiger partial charge in [0.2, 0.25) is 0 Å². The second kappa shape index (κ2) is 4.47. The van der Waals surface area contributed by atoms with Crippen LogP contribution in [0.25, 0.3) is 0 Å². The number of carbonyl (C=O) groups excluding carboxylic acids is 1. The van der Waals surface area contributed by atoms with E-state index in [1.165, 1.54) is 44.1 Å². The Bertz CT molecular complexity index is 500. The summed E-state index contributed by atoms with van der Waals surface area (Å²) >= 11 is 0. The van der Waals surface area contributed by atoms with Crippen molar-refractivity contribution in [2.45, 2.75) is 50.9 Å². The van der Waals surface area contributed by atoms with Crippen LogP contribution in [-0.2, 0) is 0 Å². The summed E-state index contributed by atoms with van der Waals surface area (Å²) in [4.78, 5) is 12.7. The van der Waals surface area contributed by atoms with Gasteiger partial charge in [-0.1, -0.05) is 31.0 Å². The predicted molar refractivity (Wildman–Crippen MR) is 76.3 cm³/mol. The van der Waals surface area contributed by atoms with Gasteiger partial charge >= 0.3 is 0 Å². The molecule has 0 aliphatic heterocycles. The molecule has 0 radical (unpaired) electrons. The lowest BCUT2D eigenvalue weighted by molar-refractivity contribution is 0.0874. The quantitative estimate of drug-likeness (QED) is 0.722. The molecule has 1 heteroatoms. The number of fused-ring (bicyclic) bond motifs is 2. The van der Waals surface area contributed by atoms with Gasteiger partial charge < -0.3 is 0 Å². The van der Waals surface area contributed by atoms with Crippen LogP contribution in [0.5, 0.6) is 0 Å². The third kappa shape index (κ3) is 1.94. The third-order valence-electron chi connectivity index (χ3n) is 5.82. The number of hydrogen-bond acceptors (Lipinski definition) is 1. The molecule has 3 fully saturated rings. The molecular formula is C18H22O. The lowest BCUT2D eigenvalue weighted by Crippen LogP contribution is -2.21. The van der Waals surface area contributed by atoms with Crippen molar-refractivity contribution in [1.82, 2.24) is 0 Å². The van der Waals surface area contributed by atoms with E-state index in [9.17, 15) is 4.79 Å². The van der Waals surface area contributed by atoms with Gasteiger partial charge in [-0.2, -0.15) is 0 Å². The van der Waals surface area contributed by atoms with Gasteiger partial charge in [-0.15, -0.1) is 0 Å². The molecule has 0 amide bonds. The normalized spacial score (nSPS) is 33.4. The molecule has 3 atom stereocenters. The number of Topliss-reactive ketones (excluding diaryl/α,β-unsaturated/α-hetero) is 1. The maximum Gasteiger partial charge on any atom is 0.166 e. The predicted octanol–water partition coefficient (Wildman–Crippen LogP) is 4.57. The average Bonchev–Trinajstić information content (AvgIpc) is 2.98. The Balaban J connectivity index is 1.56. The maximum atomic E-state index is 12.7. The molecule has 19 heavy (non-hydrogen) atoms. The van der Waals surface area contributed by atoms with Crippen LogP contribution in [0.2, 0.25) is 0 Å². The fourth-order valence-electron chi connectivity index (χ4n) is 4.47. The molecule has 100 valence electrons. The van der Waals surface area contributed by atoms with E-state index in [4.69, 9.17) is 0 Å². The molecule has 0 aromatic heterocycles. The number of ketones is 1. The summed E-state index contributed by atoms with van der Waals surface area (Å²) in [7, 11) is 0. The van der Waals surface area contributed by atoms with Gasteiger partial charge in [-0.25, -0.2) is 0 Å². The zero-order valence-electron chi connectivity index (χ0n) is 11.5. The summed E-state index contributed by atoms with van der Waals surface area (Å²) in [5.41, 5.74) is 2.39. The summed E-state index contributed by atoms with van der Waals surface area (Å²) in [5, 5.41) is 0. The third-order valence-corrected chi connectivity index (χ3v) is 5.82. The average molecular weight is 254 g/mol. The highest BCUT2D eigenvalue weighted by atomic mass is 16.1. The fraction of sp³-hybridized carbons (Fsp3) is 0.611. The maximum absolute atomic E-state index is 12.7. The molecule has 0 spiro atoms. The number of hydrogen-bond donors (Lipinski definition) is 0. The van der Waals surface area contributed by atoms with Gasteiger partial charge in [-0.3, -0.25) is 4.79 Å². The van der Waals surface area contributed by atoms with E-state index in [1.54, 1.807) is 0 Å². The van der Waals surface area contributed by atoms with Crippen molar-refractivity contribution in [1.29, 1.82) is 0 Å². The second-order valence-electron chi connectivity index (χ2n) is 6.90. The molecule has 3 aliphatic rings. The van der Waals surface area contributed by atoms with Crippen molar-refractivity contribution in [3.63, 3.8) is 0 Å². The Morgan fingerprint density at radius 3 is 2.58 bits per heavy atom. The molecular weight excluding hydrogens is 232 g/mol. The number of carbonyl (C=O) groups is 1. The Morgan fingerprint density at radius 2 is 1.95 bits per heavy atom. The molecule has 1 aromatic carbocycles. The first-order valence-corrected chi connectivity index (χ1v) is 7.95. The smallest absolute Gasteiger partial charge is 0.166 e. The van der Waals surface area contributed by atoms with Crippen molar-refractivity contribution in [2.75, 3.05) is 0 Å². The molecule has 3 aliphatic carbocycles. The highest BCUT2D eigenvalue weighted by Crippen LogP contribution is 2.49. The van der Waals surface area contributed by atoms with E-state index in [0.717, 1.165) is 23.8 Å². The molecule has 4 rings (SSSR count). The van der Waals surface area contributed by atoms with Crippen molar-refractivity contribution in [2.24, 2.45) is 17.8 Å². The van der Waals surface area contributed by atoms with Crippen molar-refractivity contribution in [3.05, 3.63) is 35.4 Å². The van der Waals surface area contributed by atoms with Crippen LogP contribution in [0.1, 0.15) is 66.8 Å². The Kier molecular flexibility index (Phi) is 2.75. The zero-order chi connectivity index (χ0) is 12.8. The van der Waals surface area contributed by atoms with Crippen LogP contribution in [0.15, 0.2) is 24.3 Å². The zero-order valence-corrected chi connectivity index (χ0v) is 11.5. The Hall–Kier alpha value is -1.11. The van der Waals surface area contributed by atoms with Gasteiger partial charge in [0.1, 0.15) is 0 Å². The van der Waals surface area contributed by atoms with Gasteiger partial charge in [0.25, 0.3) is 0 Å². The number of rotatable bonds is 3. The SMILES string of the molecule is O=C(c1cccc(C2CCC2)c1)C1CC2CCC1C2.